The molecule has 1 amide bonds. The number of pyridine rings is 1. The molecule has 0 bridgehead atoms. The molecule has 2 aromatic carbocycles. The lowest BCUT2D eigenvalue weighted by Crippen LogP contribution is -2.12. The summed E-state index contributed by atoms with van der Waals surface area (Å²) in [6.45, 7) is 0.797. The average Bonchev–Trinajstić information content (AvgIpc) is 3.14. The van der Waals surface area contributed by atoms with Crippen LogP contribution in [0.4, 0.5) is 15.9 Å². The van der Waals surface area contributed by atoms with Gasteiger partial charge >= 0.3 is 0 Å². The highest BCUT2D eigenvalue weighted by molar-refractivity contribution is 6.04. The zero-order valence-corrected chi connectivity index (χ0v) is 14.2. The van der Waals surface area contributed by atoms with Crippen molar-refractivity contribution in [3.8, 4) is 11.5 Å². The molecule has 0 fully saturated rings. The number of carbonyl (C=O) groups is 1. The summed E-state index contributed by atoms with van der Waals surface area (Å²) >= 11 is 0. The first kappa shape index (κ1) is 16.8. The second-order valence-corrected chi connectivity index (χ2v) is 5.94. The summed E-state index contributed by atoms with van der Waals surface area (Å²) in [5.74, 6) is 1.34. The maximum atomic E-state index is 13.2. The molecule has 27 heavy (non-hydrogen) atoms. The van der Waals surface area contributed by atoms with Gasteiger partial charge in [0, 0.05) is 18.4 Å². The van der Waals surface area contributed by atoms with Crippen molar-refractivity contribution in [3.05, 3.63) is 77.7 Å². The average molecular weight is 365 g/mol. The Hall–Kier alpha value is -3.61. The molecular weight excluding hydrogens is 349 g/mol. The highest BCUT2D eigenvalue weighted by Gasteiger charge is 2.13. The molecule has 0 spiro atoms. The van der Waals surface area contributed by atoms with Gasteiger partial charge in [0.05, 0.1) is 5.56 Å². The number of hydrogen-bond acceptors (Lipinski definition) is 5. The molecule has 2 N–H and O–H groups in total. The fourth-order valence-electron chi connectivity index (χ4n) is 2.65. The number of aromatic nitrogens is 1. The zero-order valence-electron chi connectivity index (χ0n) is 14.2. The third kappa shape index (κ3) is 3.98. The summed E-state index contributed by atoms with van der Waals surface area (Å²) in [6.07, 6.45) is 1.47. The number of nitrogens with one attached hydrogen (secondary N) is 2. The van der Waals surface area contributed by atoms with Crippen molar-refractivity contribution in [1.29, 1.82) is 0 Å². The van der Waals surface area contributed by atoms with Gasteiger partial charge in [-0.05, 0) is 48.0 Å². The van der Waals surface area contributed by atoms with Gasteiger partial charge in [0.25, 0.3) is 5.91 Å². The first-order valence-electron chi connectivity index (χ1n) is 8.33. The van der Waals surface area contributed by atoms with E-state index in [2.05, 4.69) is 15.6 Å². The number of rotatable bonds is 5. The monoisotopic (exact) mass is 365 g/mol. The van der Waals surface area contributed by atoms with Crippen molar-refractivity contribution in [2.45, 2.75) is 6.54 Å². The van der Waals surface area contributed by atoms with Gasteiger partial charge in [-0.15, -0.1) is 0 Å². The van der Waals surface area contributed by atoms with E-state index in [-0.39, 0.29) is 12.7 Å². The molecule has 1 aliphatic heterocycles. The van der Waals surface area contributed by atoms with Gasteiger partial charge in [0.2, 0.25) is 6.79 Å². The van der Waals surface area contributed by atoms with Crippen LogP contribution in [0.1, 0.15) is 15.9 Å². The molecule has 4 rings (SSSR count). The van der Waals surface area contributed by atoms with Crippen LogP contribution in [-0.2, 0) is 6.54 Å². The Kier molecular flexibility index (Phi) is 4.57. The number of halogens is 1. The number of hydrogen-bond donors (Lipinski definition) is 2. The molecule has 3 aromatic rings. The van der Waals surface area contributed by atoms with Gasteiger partial charge in [-0.25, -0.2) is 9.37 Å². The normalized spacial score (nSPS) is 11.9. The van der Waals surface area contributed by atoms with Gasteiger partial charge in [0.15, 0.2) is 11.5 Å². The lowest BCUT2D eigenvalue weighted by Gasteiger charge is -2.08. The number of carbonyl (C=O) groups excluding carboxylic acids is 1. The summed E-state index contributed by atoms with van der Waals surface area (Å²) < 4.78 is 23.8. The Bertz CT molecular complexity index is 976. The second kappa shape index (κ2) is 7.33. The Morgan fingerprint density at radius 1 is 1.07 bits per heavy atom. The van der Waals surface area contributed by atoms with Crippen molar-refractivity contribution in [1.82, 2.24) is 4.98 Å². The lowest BCUT2D eigenvalue weighted by molar-refractivity contribution is 0.102. The van der Waals surface area contributed by atoms with E-state index in [1.54, 1.807) is 18.2 Å². The molecule has 136 valence electrons. The molecule has 1 aliphatic rings. The minimum atomic E-state index is -0.408. The van der Waals surface area contributed by atoms with Crippen molar-refractivity contribution in [2.24, 2.45) is 0 Å². The number of nitrogens with zero attached hydrogens (tertiary/aromatic N) is 1. The minimum absolute atomic E-state index is 0.243. The first-order chi connectivity index (χ1) is 13.2. The van der Waals surface area contributed by atoms with Crippen molar-refractivity contribution >= 4 is 17.4 Å². The highest BCUT2D eigenvalue weighted by atomic mass is 19.1. The van der Waals surface area contributed by atoms with Crippen LogP contribution in [0.5, 0.6) is 11.5 Å². The lowest BCUT2D eigenvalue weighted by atomic mass is 10.2. The molecular formula is C20H16FN3O3. The Labute approximate surface area is 155 Å². The summed E-state index contributed by atoms with van der Waals surface area (Å²) in [5.41, 5.74) is 1.80. The number of fused-ring (bicyclic) bond motifs is 1. The van der Waals surface area contributed by atoms with Crippen molar-refractivity contribution in [2.75, 3.05) is 17.4 Å². The van der Waals surface area contributed by atoms with E-state index in [1.165, 1.54) is 24.4 Å². The molecule has 0 unspecified atom stereocenters. The molecule has 0 radical (unpaired) electrons. The van der Waals surface area contributed by atoms with Crippen LogP contribution in [0.25, 0.3) is 0 Å². The van der Waals surface area contributed by atoms with Crippen LogP contribution < -0.4 is 20.1 Å². The van der Waals surface area contributed by atoms with E-state index in [9.17, 15) is 9.18 Å². The summed E-state index contributed by atoms with van der Waals surface area (Å²) in [6, 6.07) is 14.8. The molecule has 2 heterocycles. The topological polar surface area (TPSA) is 72.5 Å². The number of amides is 1. The van der Waals surface area contributed by atoms with Gasteiger partial charge in [-0.2, -0.15) is 0 Å². The zero-order chi connectivity index (χ0) is 18.6. The van der Waals surface area contributed by atoms with Crippen molar-refractivity contribution < 1.29 is 18.7 Å². The second-order valence-electron chi connectivity index (χ2n) is 5.94. The molecule has 1 aromatic heterocycles. The maximum absolute atomic E-state index is 13.2. The smallest absolute Gasteiger partial charge is 0.257 e. The van der Waals surface area contributed by atoms with Crippen LogP contribution in [0.15, 0.2) is 60.8 Å². The van der Waals surface area contributed by atoms with Crippen molar-refractivity contribution in [3.63, 3.8) is 0 Å². The van der Waals surface area contributed by atoms with E-state index >= 15 is 0 Å². The van der Waals surface area contributed by atoms with Crippen LogP contribution in [-0.4, -0.2) is 17.7 Å². The van der Waals surface area contributed by atoms with Crippen LogP contribution in [0.2, 0.25) is 0 Å². The fourth-order valence-corrected chi connectivity index (χ4v) is 2.65. The molecule has 7 heteroatoms. The number of benzene rings is 2. The first-order valence-corrected chi connectivity index (χ1v) is 8.33. The van der Waals surface area contributed by atoms with Crippen LogP contribution in [0.3, 0.4) is 0 Å². The van der Waals surface area contributed by atoms with Gasteiger partial charge in [-0.3, -0.25) is 4.79 Å². The third-order valence-electron chi connectivity index (χ3n) is 4.02. The Balaban J connectivity index is 1.36. The molecule has 0 saturated heterocycles. The van der Waals surface area contributed by atoms with E-state index in [4.69, 9.17) is 9.47 Å². The summed E-state index contributed by atoms with van der Waals surface area (Å²) in [5, 5.41) is 5.82. The fraction of sp³-hybridized carbons (Fsp3) is 0.100. The quantitative estimate of drug-likeness (QED) is 0.719. The summed E-state index contributed by atoms with van der Waals surface area (Å²) in [7, 11) is 0. The predicted octanol–water partition coefficient (Wildman–Crippen LogP) is 3.81. The standard InChI is InChI=1S/C20H16FN3O3/c21-15-2-1-3-16(9-15)24-20(25)14-5-7-19(23-11-14)22-10-13-4-6-17-18(8-13)27-12-26-17/h1-9,11H,10,12H2,(H,22,23)(H,24,25). The predicted molar refractivity (Wildman–Crippen MR) is 98.5 cm³/mol. The molecule has 0 saturated carbocycles. The van der Waals surface area contributed by atoms with Gasteiger partial charge < -0.3 is 20.1 Å². The largest absolute Gasteiger partial charge is 0.454 e. The molecule has 0 aliphatic carbocycles. The Morgan fingerprint density at radius 3 is 2.78 bits per heavy atom. The Morgan fingerprint density at radius 2 is 1.96 bits per heavy atom. The van der Waals surface area contributed by atoms with Gasteiger partial charge in [-0.1, -0.05) is 12.1 Å². The van der Waals surface area contributed by atoms with Crippen LogP contribution >= 0.6 is 0 Å². The summed E-state index contributed by atoms with van der Waals surface area (Å²) in [4.78, 5) is 16.4. The molecule has 0 atom stereocenters. The minimum Gasteiger partial charge on any atom is -0.454 e. The van der Waals surface area contributed by atoms with Gasteiger partial charge in [0.1, 0.15) is 11.6 Å². The third-order valence-corrected chi connectivity index (χ3v) is 4.02. The number of ether oxygens (including phenoxy) is 2. The molecule has 6 nitrogen and oxygen atoms in total. The van der Waals surface area contributed by atoms with Crippen LogP contribution in [0, 0.1) is 5.82 Å². The SMILES string of the molecule is O=C(Nc1cccc(F)c1)c1ccc(NCc2ccc3c(c2)OCO3)nc1. The van der Waals surface area contributed by atoms with E-state index in [0.29, 0.717) is 23.6 Å². The van der Waals surface area contributed by atoms with E-state index in [1.807, 2.05) is 18.2 Å². The highest BCUT2D eigenvalue weighted by Crippen LogP contribution is 2.32. The maximum Gasteiger partial charge on any atom is 0.257 e. The van der Waals surface area contributed by atoms with E-state index in [0.717, 1.165) is 17.1 Å². The number of anilines is 2. The van der Waals surface area contributed by atoms with E-state index < -0.39 is 5.82 Å².